The topological polar surface area (TPSA) is 12.0 Å². The van der Waals surface area contributed by atoms with E-state index in [1.54, 1.807) is 0 Å². The van der Waals surface area contributed by atoms with Crippen LogP contribution < -0.4 is 5.32 Å². The Labute approximate surface area is 113 Å². The van der Waals surface area contributed by atoms with Gasteiger partial charge in [0, 0.05) is 6.04 Å². The molecule has 1 atom stereocenters. The Bertz CT molecular complexity index is 319. The number of hydrogen-bond acceptors (Lipinski definition) is 1. The highest BCUT2D eigenvalue weighted by atomic mass is 14.9. The molecule has 18 heavy (non-hydrogen) atoms. The van der Waals surface area contributed by atoms with Gasteiger partial charge in [0.2, 0.25) is 0 Å². The lowest BCUT2D eigenvalue weighted by Crippen LogP contribution is -2.29. The SMILES string of the molecule is CCCCCC(CCc1ccccc1C)NCC. The summed E-state index contributed by atoms with van der Waals surface area (Å²) in [4.78, 5) is 0. The van der Waals surface area contributed by atoms with E-state index in [1.807, 2.05) is 0 Å². The molecule has 0 aliphatic rings. The molecule has 1 nitrogen and oxygen atoms in total. The number of unbranched alkanes of at least 4 members (excludes halogenated alkanes) is 2. The molecule has 0 saturated heterocycles. The van der Waals surface area contributed by atoms with Crippen LogP contribution in [0.15, 0.2) is 24.3 Å². The zero-order valence-corrected chi connectivity index (χ0v) is 12.3. The molecule has 1 heteroatoms. The molecule has 0 aromatic heterocycles. The standard InChI is InChI=1S/C17H29N/c1-4-6-7-12-17(18-5-2)14-13-16-11-9-8-10-15(16)3/h8-11,17-18H,4-7,12-14H2,1-3H3. The minimum atomic E-state index is 0.696. The molecule has 1 N–H and O–H groups in total. The van der Waals surface area contributed by atoms with Crippen LogP contribution in [0.4, 0.5) is 0 Å². The fourth-order valence-electron chi connectivity index (χ4n) is 2.50. The molecule has 1 aromatic carbocycles. The molecule has 0 amide bonds. The Kier molecular flexibility index (Phi) is 7.75. The van der Waals surface area contributed by atoms with E-state index < -0.39 is 0 Å². The fourth-order valence-corrected chi connectivity index (χ4v) is 2.50. The second-order valence-corrected chi connectivity index (χ2v) is 5.22. The Hall–Kier alpha value is -0.820. The third-order valence-corrected chi connectivity index (χ3v) is 3.67. The molecule has 0 aliphatic heterocycles. The summed E-state index contributed by atoms with van der Waals surface area (Å²) in [5.41, 5.74) is 2.94. The van der Waals surface area contributed by atoms with Gasteiger partial charge in [-0.05, 0) is 43.9 Å². The van der Waals surface area contributed by atoms with E-state index in [4.69, 9.17) is 0 Å². The number of hydrogen-bond donors (Lipinski definition) is 1. The van der Waals surface area contributed by atoms with Crippen molar-refractivity contribution in [1.82, 2.24) is 5.32 Å². The zero-order valence-electron chi connectivity index (χ0n) is 12.3. The average molecular weight is 247 g/mol. The highest BCUT2D eigenvalue weighted by molar-refractivity contribution is 5.25. The quantitative estimate of drug-likeness (QED) is 0.634. The number of aryl methyl sites for hydroxylation is 2. The maximum absolute atomic E-state index is 3.63. The van der Waals surface area contributed by atoms with Gasteiger partial charge in [-0.2, -0.15) is 0 Å². The maximum Gasteiger partial charge on any atom is 0.00701 e. The van der Waals surface area contributed by atoms with Crippen LogP contribution in [0.2, 0.25) is 0 Å². The van der Waals surface area contributed by atoms with Crippen molar-refractivity contribution in [2.24, 2.45) is 0 Å². The van der Waals surface area contributed by atoms with Crippen molar-refractivity contribution < 1.29 is 0 Å². The van der Waals surface area contributed by atoms with E-state index in [0.29, 0.717) is 6.04 Å². The molecule has 1 rings (SSSR count). The molecule has 1 unspecified atom stereocenters. The first-order valence-corrected chi connectivity index (χ1v) is 7.55. The van der Waals surface area contributed by atoms with Crippen LogP contribution in [0, 0.1) is 6.92 Å². The van der Waals surface area contributed by atoms with Crippen LogP contribution in [0.3, 0.4) is 0 Å². The summed E-state index contributed by atoms with van der Waals surface area (Å²) in [5.74, 6) is 0. The van der Waals surface area contributed by atoms with Crippen LogP contribution in [0.5, 0.6) is 0 Å². The van der Waals surface area contributed by atoms with Crippen LogP contribution >= 0.6 is 0 Å². The molecule has 0 saturated carbocycles. The predicted molar refractivity (Wildman–Crippen MR) is 81.1 cm³/mol. The van der Waals surface area contributed by atoms with Crippen molar-refractivity contribution in [1.29, 1.82) is 0 Å². The monoisotopic (exact) mass is 247 g/mol. The summed E-state index contributed by atoms with van der Waals surface area (Å²) < 4.78 is 0. The van der Waals surface area contributed by atoms with Gasteiger partial charge in [-0.25, -0.2) is 0 Å². The third-order valence-electron chi connectivity index (χ3n) is 3.67. The van der Waals surface area contributed by atoms with Gasteiger partial charge in [0.1, 0.15) is 0 Å². The minimum absolute atomic E-state index is 0.696. The molecule has 0 bridgehead atoms. The lowest BCUT2D eigenvalue weighted by atomic mass is 9.98. The molecular formula is C17H29N. The van der Waals surface area contributed by atoms with Crippen molar-refractivity contribution in [3.05, 3.63) is 35.4 Å². The van der Waals surface area contributed by atoms with E-state index in [2.05, 4.69) is 50.4 Å². The second-order valence-electron chi connectivity index (χ2n) is 5.22. The molecule has 0 fully saturated rings. The number of benzene rings is 1. The normalized spacial score (nSPS) is 12.6. The van der Waals surface area contributed by atoms with Crippen LogP contribution in [-0.4, -0.2) is 12.6 Å². The number of nitrogens with one attached hydrogen (secondary N) is 1. The summed E-state index contributed by atoms with van der Waals surface area (Å²) in [6, 6.07) is 9.46. The van der Waals surface area contributed by atoms with Crippen molar-refractivity contribution in [2.45, 2.75) is 65.3 Å². The molecular weight excluding hydrogens is 218 g/mol. The largest absolute Gasteiger partial charge is 0.314 e. The third kappa shape index (κ3) is 5.68. The Morgan fingerprint density at radius 2 is 1.83 bits per heavy atom. The van der Waals surface area contributed by atoms with Gasteiger partial charge in [0.05, 0.1) is 0 Å². The number of rotatable bonds is 9. The van der Waals surface area contributed by atoms with Crippen molar-refractivity contribution >= 4 is 0 Å². The molecule has 102 valence electrons. The van der Waals surface area contributed by atoms with Crippen LogP contribution in [0.1, 0.15) is 57.1 Å². The molecule has 0 radical (unpaired) electrons. The molecule has 0 heterocycles. The first-order valence-electron chi connectivity index (χ1n) is 7.55. The van der Waals surface area contributed by atoms with E-state index in [1.165, 1.54) is 49.7 Å². The summed E-state index contributed by atoms with van der Waals surface area (Å²) in [5, 5.41) is 3.63. The Balaban J connectivity index is 2.39. The van der Waals surface area contributed by atoms with E-state index in [0.717, 1.165) is 6.54 Å². The van der Waals surface area contributed by atoms with Crippen LogP contribution in [0.25, 0.3) is 0 Å². The van der Waals surface area contributed by atoms with Crippen molar-refractivity contribution in [2.75, 3.05) is 6.54 Å². The smallest absolute Gasteiger partial charge is 0.00701 e. The summed E-state index contributed by atoms with van der Waals surface area (Å²) in [6.45, 7) is 7.79. The fraction of sp³-hybridized carbons (Fsp3) is 0.647. The van der Waals surface area contributed by atoms with Crippen molar-refractivity contribution in [3.63, 3.8) is 0 Å². The predicted octanol–water partition coefficient (Wildman–Crippen LogP) is 4.49. The van der Waals surface area contributed by atoms with Gasteiger partial charge in [-0.3, -0.25) is 0 Å². The first kappa shape index (κ1) is 15.2. The molecule has 0 spiro atoms. The lowest BCUT2D eigenvalue weighted by Gasteiger charge is -2.18. The van der Waals surface area contributed by atoms with E-state index in [-0.39, 0.29) is 0 Å². The Morgan fingerprint density at radius 1 is 1.06 bits per heavy atom. The van der Waals surface area contributed by atoms with Gasteiger partial charge in [-0.1, -0.05) is 57.4 Å². The molecule has 1 aromatic rings. The average Bonchev–Trinajstić information content (AvgIpc) is 2.38. The molecule has 0 aliphatic carbocycles. The summed E-state index contributed by atoms with van der Waals surface area (Å²) >= 11 is 0. The second kappa shape index (κ2) is 9.16. The van der Waals surface area contributed by atoms with Crippen LogP contribution in [-0.2, 0) is 6.42 Å². The summed E-state index contributed by atoms with van der Waals surface area (Å²) in [6.07, 6.45) is 7.84. The zero-order chi connectivity index (χ0) is 13.2. The van der Waals surface area contributed by atoms with Crippen molar-refractivity contribution in [3.8, 4) is 0 Å². The van der Waals surface area contributed by atoms with Gasteiger partial charge in [-0.15, -0.1) is 0 Å². The first-order chi connectivity index (χ1) is 8.77. The highest BCUT2D eigenvalue weighted by Gasteiger charge is 2.07. The van der Waals surface area contributed by atoms with Gasteiger partial charge in [0.15, 0.2) is 0 Å². The maximum atomic E-state index is 3.63. The van der Waals surface area contributed by atoms with Gasteiger partial charge < -0.3 is 5.32 Å². The lowest BCUT2D eigenvalue weighted by molar-refractivity contribution is 0.444. The van der Waals surface area contributed by atoms with Gasteiger partial charge in [0.25, 0.3) is 0 Å². The van der Waals surface area contributed by atoms with E-state index >= 15 is 0 Å². The van der Waals surface area contributed by atoms with Gasteiger partial charge >= 0.3 is 0 Å². The Morgan fingerprint density at radius 3 is 2.50 bits per heavy atom. The van der Waals surface area contributed by atoms with E-state index in [9.17, 15) is 0 Å². The minimum Gasteiger partial charge on any atom is -0.314 e. The highest BCUT2D eigenvalue weighted by Crippen LogP contribution is 2.13. The summed E-state index contributed by atoms with van der Waals surface area (Å²) in [7, 11) is 0.